The zero-order chi connectivity index (χ0) is 16.4. The van der Waals surface area contributed by atoms with E-state index in [1.807, 2.05) is 17.8 Å². The number of hydrogen-bond donors (Lipinski definition) is 1. The number of anilines is 2. The topological polar surface area (TPSA) is 32.3 Å². The fourth-order valence-corrected chi connectivity index (χ4v) is 4.60. The summed E-state index contributed by atoms with van der Waals surface area (Å²) in [5.41, 5.74) is 4.94. The van der Waals surface area contributed by atoms with Crippen molar-refractivity contribution in [2.75, 3.05) is 29.1 Å². The van der Waals surface area contributed by atoms with Gasteiger partial charge in [-0.2, -0.15) is 0 Å². The molecule has 24 heavy (non-hydrogen) atoms. The monoisotopic (exact) mass is 338 g/mol. The van der Waals surface area contributed by atoms with E-state index in [4.69, 9.17) is 0 Å². The van der Waals surface area contributed by atoms with Crippen LogP contribution in [0.25, 0.3) is 0 Å². The van der Waals surface area contributed by atoms with Crippen molar-refractivity contribution < 1.29 is 4.79 Å². The van der Waals surface area contributed by atoms with Crippen molar-refractivity contribution in [2.45, 2.75) is 30.6 Å². The van der Waals surface area contributed by atoms with E-state index in [9.17, 15) is 4.79 Å². The van der Waals surface area contributed by atoms with Gasteiger partial charge in [-0.15, -0.1) is 11.8 Å². The molecule has 0 atom stereocenters. The number of aryl methyl sites for hydroxylation is 2. The largest absolute Gasteiger partial charge is 0.361 e. The fourth-order valence-electron chi connectivity index (χ4n) is 3.59. The van der Waals surface area contributed by atoms with E-state index < -0.39 is 0 Å². The van der Waals surface area contributed by atoms with Crippen LogP contribution in [-0.4, -0.2) is 24.7 Å². The third kappa shape index (κ3) is 3.29. The molecule has 1 aliphatic heterocycles. The molecule has 0 bridgehead atoms. The molecule has 2 aromatic carbocycles. The second kappa shape index (κ2) is 6.89. The van der Waals surface area contributed by atoms with Gasteiger partial charge in [0.15, 0.2) is 0 Å². The number of fused-ring (bicyclic) bond motifs is 2. The van der Waals surface area contributed by atoms with Gasteiger partial charge in [-0.25, -0.2) is 0 Å². The van der Waals surface area contributed by atoms with Crippen LogP contribution in [0.3, 0.4) is 0 Å². The molecule has 0 unspecified atom stereocenters. The molecule has 0 aromatic heterocycles. The molecule has 1 aliphatic carbocycles. The summed E-state index contributed by atoms with van der Waals surface area (Å²) in [4.78, 5) is 16.0. The van der Waals surface area contributed by atoms with Gasteiger partial charge in [0.1, 0.15) is 0 Å². The van der Waals surface area contributed by atoms with Gasteiger partial charge in [0.25, 0.3) is 0 Å². The first-order valence-electron chi connectivity index (χ1n) is 8.68. The molecule has 1 N–H and O–H groups in total. The van der Waals surface area contributed by atoms with Crippen molar-refractivity contribution in [1.29, 1.82) is 0 Å². The average Bonchev–Trinajstić information content (AvgIpc) is 2.96. The molecule has 0 radical (unpaired) electrons. The predicted molar refractivity (Wildman–Crippen MR) is 101 cm³/mol. The van der Waals surface area contributed by atoms with Gasteiger partial charge in [0, 0.05) is 17.1 Å². The Bertz CT molecular complexity index is 759. The molecule has 4 rings (SSSR count). The summed E-state index contributed by atoms with van der Waals surface area (Å²) in [5, 5.41) is 3.08. The highest BCUT2D eigenvalue weighted by atomic mass is 32.2. The highest BCUT2D eigenvalue weighted by Gasteiger charge is 2.18. The number of carbonyl (C=O) groups is 1. The number of nitrogens with one attached hydrogen (secondary N) is 1. The first-order chi connectivity index (χ1) is 11.8. The van der Waals surface area contributed by atoms with Crippen LogP contribution in [0.5, 0.6) is 0 Å². The van der Waals surface area contributed by atoms with Gasteiger partial charge in [0.2, 0.25) is 5.91 Å². The number of thioether (sulfide) groups is 1. The van der Waals surface area contributed by atoms with Gasteiger partial charge < -0.3 is 10.2 Å². The summed E-state index contributed by atoms with van der Waals surface area (Å²) in [7, 11) is 0. The highest BCUT2D eigenvalue weighted by Crippen LogP contribution is 2.33. The summed E-state index contributed by atoms with van der Waals surface area (Å²) in [6.45, 7) is 1.34. The summed E-state index contributed by atoms with van der Waals surface area (Å²) in [5.74, 6) is 1.18. The average molecular weight is 338 g/mol. The molecule has 2 aliphatic rings. The molecule has 0 saturated heterocycles. The Morgan fingerprint density at radius 3 is 2.92 bits per heavy atom. The van der Waals surface area contributed by atoms with Gasteiger partial charge in [0.05, 0.1) is 12.2 Å². The van der Waals surface area contributed by atoms with Crippen LogP contribution in [0, 0.1) is 0 Å². The molecule has 2 aromatic rings. The zero-order valence-electron chi connectivity index (χ0n) is 13.8. The molecule has 1 amide bonds. The fraction of sp³-hybridized carbons (Fsp3) is 0.350. The van der Waals surface area contributed by atoms with Crippen LogP contribution >= 0.6 is 11.8 Å². The van der Waals surface area contributed by atoms with Crippen molar-refractivity contribution in [3.05, 3.63) is 53.6 Å². The van der Waals surface area contributed by atoms with Crippen LogP contribution in [0.15, 0.2) is 47.4 Å². The Labute approximate surface area is 147 Å². The Hall–Kier alpha value is -1.94. The quantitative estimate of drug-likeness (QED) is 0.914. The van der Waals surface area contributed by atoms with Crippen LogP contribution in [0.1, 0.15) is 24.0 Å². The second-order valence-corrected chi connectivity index (χ2v) is 7.61. The van der Waals surface area contributed by atoms with Crippen molar-refractivity contribution in [1.82, 2.24) is 0 Å². The van der Waals surface area contributed by atoms with Crippen molar-refractivity contribution in [3.63, 3.8) is 0 Å². The number of rotatable bonds is 3. The number of carbonyl (C=O) groups excluding carboxylic acids is 1. The zero-order valence-corrected chi connectivity index (χ0v) is 14.6. The van der Waals surface area contributed by atoms with Crippen LogP contribution < -0.4 is 10.2 Å². The molecular weight excluding hydrogens is 316 g/mol. The lowest BCUT2D eigenvalue weighted by atomic mass is 10.1. The minimum Gasteiger partial charge on any atom is -0.361 e. The molecule has 4 heteroatoms. The Balaban J connectivity index is 1.46. The minimum atomic E-state index is 0.0645. The van der Waals surface area contributed by atoms with E-state index in [0.717, 1.165) is 30.8 Å². The normalized spacial score (nSPS) is 16.2. The van der Waals surface area contributed by atoms with Crippen molar-refractivity contribution in [2.24, 2.45) is 0 Å². The van der Waals surface area contributed by atoms with Crippen LogP contribution in [-0.2, 0) is 17.6 Å². The van der Waals surface area contributed by atoms with Gasteiger partial charge in [-0.05, 0) is 66.8 Å². The maximum Gasteiger partial charge on any atom is 0.243 e. The molecular formula is C20H22N2OS. The summed E-state index contributed by atoms with van der Waals surface area (Å²) < 4.78 is 0. The lowest BCUT2D eigenvalue weighted by Crippen LogP contribution is -2.34. The molecule has 0 saturated carbocycles. The second-order valence-electron chi connectivity index (χ2n) is 6.48. The maximum absolute atomic E-state index is 12.5. The molecule has 0 fully saturated rings. The standard InChI is InChI=1S/C20H22N2OS/c23-20(21-17-10-9-15-5-3-6-16(15)13-17)14-22-11-4-12-24-19-8-2-1-7-18(19)22/h1-2,7-10,13H,3-6,11-12,14H2,(H,21,23). The number of amides is 1. The van der Waals surface area contributed by atoms with Crippen LogP contribution in [0.4, 0.5) is 11.4 Å². The van der Waals surface area contributed by atoms with Crippen molar-refractivity contribution in [3.8, 4) is 0 Å². The maximum atomic E-state index is 12.5. The molecule has 0 spiro atoms. The Kier molecular flexibility index (Phi) is 4.48. The molecule has 1 heterocycles. The summed E-state index contributed by atoms with van der Waals surface area (Å²) in [6.07, 6.45) is 4.64. The third-order valence-electron chi connectivity index (χ3n) is 4.75. The number of nitrogens with zero attached hydrogens (tertiary/aromatic N) is 1. The van der Waals surface area contributed by atoms with E-state index in [0.29, 0.717) is 6.54 Å². The van der Waals surface area contributed by atoms with E-state index in [1.54, 1.807) is 0 Å². The minimum absolute atomic E-state index is 0.0645. The van der Waals surface area contributed by atoms with Crippen molar-refractivity contribution >= 4 is 29.0 Å². The summed E-state index contributed by atoms with van der Waals surface area (Å²) >= 11 is 1.88. The third-order valence-corrected chi connectivity index (χ3v) is 5.90. The van der Waals surface area contributed by atoms with Gasteiger partial charge in [-0.3, -0.25) is 4.79 Å². The van der Waals surface area contributed by atoms with E-state index in [2.05, 4.69) is 46.6 Å². The predicted octanol–water partition coefficient (Wildman–Crippen LogP) is 4.12. The SMILES string of the molecule is O=C(CN1CCCSc2ccccc21)Nc1ccc2c(c1)CCC2. The molecule has 3 nitrogen and oxygen atoms in total. The van der Waals surface area contributed by atoms with Gasteiger partial charge >= 0.3 is 0 Å². The van der Waals surface area contributed by atoms with E-state index >= 15 is 0 Å². The molecule has 124 valence electrons. The van der Waals surface area contributed by atoms with Crippen LogP contribution in [0.2, 0.25) is 0 Å². The van der Waals surface area contributed by atoms with Gasteiger partial charge in [-0.1, -0.05) is 18.2 Å². The number of para-hydroxylation sites is 1. The van der Waals surface area contributed by atoms with E-state index in [-0.39, 0.29) is 5.91 Å². The highest BCUT2D eigenvalue weighted by molar-refractivity contribution is 7.99. The number of benzene rings is 2. The smallest absolute Gasteiger partial charge is 0.243 e. The van der Waals surface area contributed by atoms with E-state index in [1.165, 1.54) is 34.6 Å². The first-order valence-corrected chi connectivity index (χ1v) is 9.66. The Morgan fingerprint density at radius 2 is 1.96 bits per heavy atom. The first kappa shape index (κ1) is 15.6. The Morgan fingerprint density at radius 1 is 1.08 bits per heavy atom. The lowest BCUT2D eigenvalue weighted by molar-refractivity contribution is -0.115. The summed E-state index contributed by atoms with van der Waals surface area (Å²) in [6, 6.07) is 14.7. The lowest BCUT2D eigenvalue weighted by Gasteiger charge is -2.24. The number of hydrogen-bond acceptors (Lipinski definition) is 3.